The van der Waals surface area contributed by atoms with Gasteiger partial charge in [0, 0.05) is 25.0 Å². The number of hydrogen-bond donors (Lipinski definition) is 3. The normalized spacial score (nSPS) is 11.3. The van der Waals surface area contributed by atoms with Crippen molar-refractivity contribution in [3.8, 4) is 0 Å². The van der Waals surface area contributed by atoms with Crippen LogP contribution in [0, 0.1) is 0 Å². The predicted octanol–water partition coefficient (Wildman–Crippen LogP) is 2.24. The fraction of sp³-hybridized carbons (Fsp3) is 0.267. The van der Waals surface area contributed by atoms with E-state index in [2.05, 4.69) is 20.6 Å². The van der Waals surface area contributed by atoms with Crippen LogP contribution in [0.3, 0.4) is 0 Å². The molecule has 0 aliphatic rings. The molecule has 0 saturated heterocycles. The molecule has 4 N–H and O–H groups in total. The average Bonchev–Trinajstić information content (AvgIpc) is 2.93. The average molecular weight is 317 g/mol. The van der Waals surface area contributed by atoms with Gasteiger partial charge in [-0.1, -0.05) is 12.1 Å². The quantitative estimate of drug-likeness (QED) is 0.582. The van der Waals surface area contributed by atoms with Crippen LogP contribution >= 0.6 is 11.3 Å². The van der Waals surface area contributed by atoms with Gasteiger partial charge in [-0.05, 0) is 30.5 Å². The highest BCUT2D eigenvalue weighted by Crippen LogP contribution is 2.17. The fourth-order valence-corrected chi connectivity index (χ4v) is 2.65. The van der Waals surface area contributed by atoms with E-state index in [0.717, 1.165) is 24.2 Å². The third kappa shape index (κ3) is 4.85. The number of nitrogens with one attached hydrogen (secondary N) is 2. The van der Waals surface area contributed by atoms with Crippen LogP contribution in [0.25, 0.3) is 0 Å². The minimum Gasteiger partial charge on any atom is -0.370 e. The third-order valence-corrected chi connectivity index (χ3v) is 3.78. The molecule has 0 fully saturated rings. The second-order valence-electron chi connectivity index (χ2n) is 4.76. The van der Waals surface area contributed by atoms with E-state index in [0.29, 0.717) is 11.1 Å². The first kappa shape index (κ1) is 16.0. The van der Waals surface area contributed by atoms with Crippen LogP contribution in [0.15, 0.2) is 34.6 Å². The van der Waals surface area contributed by atoms with E-state index in [4.69, 9.17) is 5.73 Å². The lowest BCUT2D eigenvalue weighted by molar-refractivity contribution is -0.114. The maximum atomic E-state index is 11.0. The van der Waals surface area contributed by atoms with E-state index < -0.39 is 0 Å². The van der Waals surface area contributed by atoms with Crippen molar-refractivity contribution in [2.24, 2.45) is 10.7 Å². The van der Waals surface area contributed by atoms with Crippen molar-refractivity contribution in [1.82, 2.24) is 4.98 Å². The topological polar surface area (TPSA) is 92.4 Å². The van der Waals surface area contributed by atoms with Crippen molar-refractivity contribution in [3.63, 3.8) is 0 Å². The van der Waals surface area contributed by atoms with Gasteiger partial charge >= 0.3 is 0 Å². The standard InChI is InChI=1S/C15H19N5OS/c1-10(21)18-15-20-13(9-22-15)8-5-11-3-6-12(7-4-11)19-14(16)17-2/h3-4,6-7,9H,5,8H2,1-2H3,(H3,16,17,19)(H,18,20,21). The molecular weight excluding hydrogens is 298 g/mol. The van der Waals surface area contributed by atoms with Crippen molar-refractivity contribution in [2.45, 2.75) is 19.8 Å². The smallest absolute Gasteiger partial charge is 0.223 e. The Balaban J connectivity index is 1.88. The van der Waals surface area contributed by atoms with E-state index in [9.17, 15) is 4.79 Å². The van der Waals surface area contributed by atoms with E-state index in [1.165, 1.54) is 23.8 Å². The molecule has 7 heteroatoms. The Morgan fingerprint density at radius 1 is 1.27 bits per heavy atom. The molecular formula is C15H19N5OS. The van der Waals surface area contributed by atoms with Crippen molar-refractivity contribution >= 4 is 34.0 Å². The largest absolute Gasteiger partial charge is 0.370 e. The summed E-state index contributed by atoms with van der Waals surface area (Å²) in [7, 11) is 1.64. The minimum absolute atomic E-state index is 0.0983. The molecule has 0 aliphatic heterocycles. The van der Waals surface area contributed by atoms with Gasteiger partial charge in [0.25, 0.3) is 0 Å². The summed E-state index contributed by atoms with van der Waals surface area (Å²) in [6.07, 6.45) is 1.72. The Hall–Kier alpha value is -2.41. The summed E-state index contributed by atoms with van der Waals surface area (Å²) in [5, 5.41) is 8.30. The van der Waals surface area contributed by atoms with Gasteiger partial charge in [0.05, 0.1) is 5.69 Å². The number of amides is 1. The maximum absolute atomic E-state index is 11.0. The highest BCUT2D eigenvalue weighted by Gasteiger charge is 2.04. The Kier molecular flexibility index (Phi) is 5.48. The highest BCUT2D eigenvalue weighted by molar-refractivity contribution is 7.13. The summed E-state index contributed by atoms with van der Waals surface area (Å²) in [5.74, 6) is 0.291. The number of nitrogens with zero attached hydrogens (tertiary/aromatic N) is 2. The van der Waals surface area contributed by atoms with Crippen LogP contribution in [0.1, 0.15) is 18.2 Å². The van der Waals surface area contributed by atoms with Crippen molar-refractivity contribution < 1.29 is 4.79 Å². The maximum Gasteiger partial charge on any atom is 0.223 e. The number of guanidine groups is 1. The first-order chi connectivity index (χ1) is 10.6. The van der Waals surface area contributed by atoms with E-state index in [1.54, 1.807) is 7.05 Å². The van der Waals surface area contributed by atoms with Crippen LogP contribution in [-0.4, -0.2) is 23.9 Å². The zero-order chi connectivity index (χ0) is 15.9. The summed E-state index contributed by atoms with van der Waals surface area (Å²) in [6.45, 7) is 1.48. The number of carbonyl (C=O) groups is 1. The number of hydrogen-bond acceptors (Lipinski definition) is 4. The molecule has 0 atom stereocenters. The Bertz CT molecular complexity index is 663. The SMILES string of the molecule is CN=C(N)Nc1ccc(CCc2csc(NC(C)=O)n2)cc1. The lowest BCUT2D eigenvalue weighted by Crippen LogP contribution is -2.21. The number of rotatable bonds is 5. The molecule has 1 aromatic heterocycles. The number of aliphatic imine (C=N–C) groups is 1. The van der Waals surface area contributed by atoms with Crippen LogP contribution in [-0.2, 0) is 17.6 Å². The van der Waals surface area contributed by atoms with E-state index >= 15 is 0 Å². The number of aryl methyl sites for hydroxylation is 2. The van der Waals surface area contributed by atoms with Crippen LogP contribution in [0.5, 0.6) is 0 Å². The third-order valence-electron chi connectivity index (χ3n) is 2.97. The van der Waals surface area contributed by atoms with E-state index in [1.807, 2.05) is 29.6 Å². The van der Waals surface area contributed by atoms with Gasteiger partial charge in [-0.25, -0.2) is 4.98 Å². The van der Waals surface area contributed by atoms with Gasteiger partial charge in [-0.15, -0.1) is 11.3 Å². The van der Waals surface area contributed by atoms with Gasteiger partial charge < -0.3 is 16.4 Å². The summed E-state index contributed by atoms with van der Waals surface area (Å²) in [4.78, 5) is 19.2. The van der Waals surface area contributed by atoms with Crippen LogP contribution < -0.4 is 16.4 Å². The highest BCUT2D eigenvalue weighted by atomic mass is 32.1. The summed E-state index contributed by atoms with van der Waals surface area (Å²) >= 11 is 1.44. The molecule has 1 aromatic carbocycles. The molecule has 0 bridgehead atoms. The number of thiazole rings is 1. The van der Waals surface area contributed by atoms with Gasteiger partial charge in [0.15, 0.2) is 11.1 Å². The summed E-state index contributed by atoms with van der Waals surface area (Å²) in [6, 6.07) is 8.03. The monoisotopic (exact) mass is 317 g/mol. The van der Waals surface area contributed by atoms with Gasteiger partial charge in [0.1, 0.15) is 0 Å². The minimum atomic E-state index is -0.0983. The second kappa shape index (κ2) is 7.56. The molecule has 0 saturated carbocycles. The number of carbonyl (C=O) groups excluding carboxylic acids is 1. The van der Waals surface area contributed by atoms with Crippen molar-refractivity contribution in [2.75, 3.05) is 17.7 Å². The molecule has 2 rings (SSSR count). The number of anilines is 2. The molecule has 0 aliphatic carbocycles. The van der Waals surface area contributed by atoms with Crippen molar-refractivity contribution in [3.05, 3.63) is 40.9 Å². The Morgan fingerprint density at radius 2 is 2.00 bits per heavy atom. The molecule has 1 amide bonds. The molecule has 22 heavy (non-hydrogen) atoms. The lowest BCUT2D eigenvalue weighted by atomic mass is 10.1. The number of benzene rings is 1. The Labute approximate surface area is 133 Å². The second-order valence-corrected chi connectivity index (χ2v) is 5.61. The zero-order valence-corrected chi connectivity index (χ0v) is 13.4. The lowest BCUT2D eigenvalue weighted by Gasteiger charge is -2.06. The summed E-state index contributed by atoms with van der Waals surface area (Å²) in [5.41, 5.74) is 8.73. The van der Waals surface area contributed by atoms with Gasteiger partial charge in [0.2, 0.25) is 5.91 Å². The van der Waals surface area contributed by atoms with Crippen molar-refractivity contribution in [1.29, 1.82) is 0 Å². The summed E-state index contributed by atoms with van der Waals surface area (Å²) < 4.78 is 0. The molecule has 116 valence electrons. The van der Waals surface area contributed by atoms with E-state index in [-0.39, 0.29) is 5.91 Å². The van der Waals surface area contributed by atoms with Crippen LogP contribution in [0.4, 0.5) is 10.8 Å². The first-order valence-electron chi connectivity index (χ1n) is 6.87. The van der Waals surface area contributed by atoms with Crippen LogP contribution in [0.2, 0.25) is 0 Å². The predicted molar refractivity (Wildman–Crippen MR) is 91.4 cm³/mol. The molecule has 1 heterocycles. The fourth-order valence-electron chi connectivity index (χ4n) is 1.86. The van der Waals surface area contributed by atoms with Gasteiger partial charge in [-0.2, -0.15) is 0 Å². The molecule has 0 radical (unpaired) electrons. The Morgan fingerprint density at radius 3 is 2.64 bits per heavy atom. The molecule has 0 unspecified atom stereocenters. The number of aromatic nitrogens is 1. The van der Waals surface area contributed by atoms with Gasteiger partial charge in [-0.3, -0.25) is 9.79 Å². The molecule has 2 aromatic rings. The zero-order valence-electron chi connectivity index (χ0n) is 12.6. The molecule has 6 nitrogen and oxygen atoms in total. The first-order valence-corrected chi connectivity index (χ1v) is 7.75. The number of nitrogens with two attached hydrogens (primary N) is 1. The molecule has 0 spiro atoms.